The van der Waals surface area contributed by atoms with E-state index in [4.69, 9.17) is 0 Å². The molecule has 17 heavy (non-hydrogen) atoms. The lowest BCUT2D eigenvalue weighted by molar-refractivity contribution is 0.152. The van der Waals surface area contributed by atoms with Crippen molar-refractivity contribution in [1.82, 2.24) is 10.2 Å². The van der Waals surface area contributed by atoms with Gasteiger partial charge in [-0.15, -0.1) is 0 Å². The Morgan fingerprint density at radius 3 is 2.71 bits per heavy atom. The van der Waals surface area contributed by atoms with Gasteiger partial charge in [0.15, 0.2) is 0 Å². The molecule has 1 heterocycles. The number of nitrogens with zero attached hydrogens (tertiary/aromatic N) is 1. The molecule has 1 aromatic rings. The summed E-state index contributed by atoms with van der Waals surface area (Å²) in [6.07, 6.45) is 4.11. The summed E-state index contributed by atoms with van der Waals surface area (Å²) in [7, 11) is 2.01. The zero-order valence-electron chi connectivity index (χ0n) is 11.1. The Labute approximate surface area is 105 Å². The summed E-state index contributed by atoms with van der Waals surface area (Å²) in [5.74, 6) is 0. The highest BCUT2D eigenvalue weighted by molar-refractivity contribution is 5.27. The molecular formula is C15H24N2. The molecule has 1 atom stereocenters. The van der Waals surface area contributed by atoms with Gasteiger partial charge in [-0.1, -0.05) is 30.7 Å². The molecule has 2 heteroatoms. The quantitative estimate of drug-likeness (QED) is 0.858. The molecule has 0 aliphatic carbocycles. The van der Waals surface area contributed by atoms with Crippen molar-refractivity contribution in [3.05, 3.63) is 35.4 Å². The number of likely N-dealkylation sites (tertiary alicyclic amines) is 1. The van der Waals surface area contributed by atoms with Crippen molar-refractivity contribution in [2.45, 2.75) is 45.3 Å². The Bertz CT molecular complexity index is 349. The minimum Gasteiger partial charge on any atom is -0.316 e. The Morgan fingerprint density at radius 1 is 1.24 bits per heavy atom. The van der Waals surface area contributed by atoms with Crippen LogP contribution >= 0.6 is 0 Å². The molecule has 0 aromatic heterocycles. The third kappa shape index (κ3) is 3.30. The molecule has 0 saturated carbocycles. The van der Waals surface area contributed by atoms with Crippen LogP contribution in [-0.4, -0.2) is 24.5 Å². The maximum Gasteiger partial charge on any atom is 0.0239 e. The van der Waals surface area contributed by atoms with Crippen molar-refractivity contribution in [2.75, 3.05) is 13.6 Å². The van der Waals surface area contributed by atoms with Gasteiger partial charge in [0.05, 0.1) is 0 Å². The molecule has 1 N–H and O–H groups in total. The van der Waals surface area contributed by atoms with E-state index in [-0.39, 0.29) is 0 Å². The highest BCUT2D eigenvalue weighted by atomic mass is 15.2. The number of hydrogen-bond donors (Lipinski definition) is 1. The zero-order chi connectivity index (χ0) is 12.1. The van der Waals surface area contributed by atoms with Crippen molar-refractivity contribution in [1.29, 1.82) is 0 Å². The molecule has 0 amide bonds. The lowest BCUT2D eigenvalue weighted by atomic mass is 10.0. The summed E-state index contributed by atoms with van der Waals surface area (Å²) in [5.41, 5.74) is 2.92. The second-order valence-electron chi connectivity index (χ2n) is 5.11. The molecule has 1 aliphatic rings. The summed E-state index contributed by atoms with van der Waals surface area (Å²) in [6.45, 7) is 5.70. The van der Waals surface area contributed by atoms with Gasteiger partial charge in [-0.2, -0.15) is 0 Å². The van der Waals surface area contributed by atoms with E-state index in [2.05, 4.69) is 41.4 Å². The Hall–Kier alpha value is -0.860. The maximum absolute atomic E-state index is 3.25. The first kappa shape index (κ1) is 12.6. The second-order valence-corrected chi connectivity index (χ2v) is 5.11. The average molecular weight is 232 g/mol. The number of hydrogen-bond acceptors (Lipinski definition) is 2. The average Bonchev–Trinajstić information content (AvgIpc) is 2.35. The van der Waals surface area contributed by atoms with Crippen molar-refractivity contribution in [3.8, 4) is 0 Å². The van der Waals surface area contributed by atoms with Gasteiger partial charge in [-0.3, -0.25) is 4.90 Å². The highest BCUT2D eigenvalue weighted by Gasteiger charge is 2.18. The number of rotatable bonds is 4. The molecule has 94 valence electrons. The molecule has 1 aromatic carbocycles. The Kier molecular flexibility index (Phi) is 4.57. The molecule has 1 aliphatic heterocycles. The van der Waals surface area contributed by atoms with Gasteiger partial charge >= 0.3 is 0 Å². The number of benzene rings is 1. The topological polar surface area (TPSA) is 15.3 Å². The van der Waals surface area contributed by atoms with Crippen molar-refractivity contribution >= 4 is 0 Å². The molecular weight excluding hydrogens is 208 g/mol. The molecule has 2 rings (SSSR count). The smallest absolute Gasteiger partial charge is 0.0239 e. The standard InChI is InChI=1S/C15H24N2/c1-13-7-5-6-10-17(13)12-15-9-4-3-8-14(15)11-16-2/h3-4,8-9,13,16H,5-7,10-12H2,1-2H3. The van der Waals surface area contributed by atoms with Gasteiger partial charge in [0.2, 0.25) is 0 Å². The van der Waals surface area contributed by atoms with E-state index < -0.39 is 0 Å². The van der Waals surface area contributed by atoms with E-state index in [1.165, 1.54) is 36.9 Å². The normalized spacial score (nSPS) is 21.6. The van der Waals surface area contributed by atoms with Gasteiger partial charge < -0.3 is 5.32 Å². The lowest BCUT2D eigenvalue weighted by Crippen LogP contribution is -2.37. The Morgan fingerprint density at radius 2 is 2.00 bits per heavy atom. The first-order chi connectivity index (χ1) is 8.31. The van der Waals surface area contributed by atoms with Crippen LogP contribution in [0.25, 0.3) is 0 Å². The van der Waals surface area contributed by atoms with Gasteiger partial charge in [0.25, 0.3) is 0 Å². The predicted molar refractivity (Wildman–Crippen MR) is 72.9 cm³/mol. The molecule has 0 bridgehead atoms. The molecule has 0 radical (unpaired) electrons. The third-order valence-corrected chi connectivity index (χ3v) is 3.80. The van der Waals surface area contributed by atoms with E-state index in [1.807, 2.05) is 7.05 Å². The van der Waals surface area contributed by atoms with Crippen LogP contribution in [0.4, 0.5) is 0 Å². The maximum atomic E-state index is 3.25. The molecule has 0 spiro atoms. The van der Waals surface area contributed by atoms with Crippen molar-refractivity contribution < 1.29 is 0 Å². The molecule has 1 fully saturated rings. The second kappa shape index (κ2) is 6.18. The number of nitrogens with one attached hydrogen (secondary N) is 1. The van der Waals surface area contributed by atoms with E-state index in [0.717, 1.165) is 19.1 Å². The monoisotopic (exact) mass is 232 g/mol. The first-order valence-electron chi connectivity index (χ1n) is 6.76. The van der Waals surface area contributed by atoms with Crippen LogP contribution in [0.3, 0.4) is 0 Å². The molecule has 1 saturated heterocycles. The van der Waals surface area contributed by atoms with E-state index in [9.17, 15) is 0 Å². The van der Waals surface area contributed by atoms with Crippen LogP contribution in [0.5, 0.6) is 0 Å². The fourth-order valence-electron chi connectivity index (χ4n) is 2.69. The number of piperidine rings is 1. The molecule has 2 nitrogen and oxygen atoms in total. The minimum absolute atomic E-state index is 0.742. The third-order valence-electron chi connectivity index (χ3n) is 3.80. The summed E-state index contributed by atoms with van der Waals surface area (Å²) in [6, 6.07) is 9.54. The highest BCUT2D eigenvalue weighted by Crippen LogP contribution is 2.20. The van der Waals surface area contributed by atoms with Gasteiger partial charge in [0.1, 0.15) is 0 Å². The zero-order valence-corrected chi connectivity index (χ0v) is 11.1. The summed E-state index contributed by atoms with van der Waals surface area (Å²) >= 11 is 0. The molecule has 1 unspecified atom stereocenters. The van der Waals surface area contributed by atoms with Crippen LogP contribution in [0.1, 0.15) is 37.3 Å². The van der Waals surface area contributed by atoms with Crippen LogP contribution in [-0.2, 0) is 13.1 Å². The summed E-state index contributed by atoms with van der Waals surface area (Å²) < 4.78 is 0. The van der Waals surface area contributed by atoms with E-state index in [0.29, 0.717) is 0 Å². The summed E-state index contributed by atoms with van der Waals surface area (Å²) in [5, 5.41) is 3.25. The van der Waals surface area contributed by atoms with Crippen molar-refractivity contribution in [2.24, 2.45) is 0 Å². The van der Waals surface area contributed by atoms with Gasteiger partial charge in [0, 0.05) is 19.1 Å². The van der Waals surface area contributed by atoms with Gasteiger partial charge in [-0.05, 0) is 44.5 Å². The SMILES string of the molecule is CNCc1ccccc1CN1CCCCC1C. The fraction of sp³-hybridized carbons (Fsp3) is 0.600. The van der Waals surface area contributed by atoms with Crippen LogP contribution < -0.4 is 5.32 Å². The van der Waals surface area contributed by atoms with Crippen molar-refractivity contribution in [3.63, 3.8) is 0 Å². The van der Waals surface area contributed by atoms with Crippen LogP contribution in [0.2, 0.25) is 0 Å². The van der Waals surface area contributed by atoms with Gasteiger partial charge in [-0.25, -0.2) is 0 Å². The van der Waals surface area contributed by atoms with Crippen LogP contribution in [0, 0.1) is 0 Å². The fourth-order valence-corrected chi connectivity index (χ4v) is 2.69. The Balaban J connectivity index is 2.06. The summed E-state index contributed by atoms with van der Waals surface area (Å²) in [4.78, 5) is 2.62. The predicted octanol–water partition coefficient (Wildman–Crippen LogP) is 2.78. The van der Waals surface area contributed by atoms with Crippen LogP contribution in [0.15, 0.2) is 24.3 Å². The minimum atomic E-state index is 0.742. The first-order valence-corrected chi connectivity index (χ1v) is 6.76. The lowest BCUT2D eigenvalue weighted by Gasteiger charge is -2.33. The largest absolute Gasteiger partial charge is 0.316 e. The van der Waals surface area contributed by atoms with E-state index in [1.54, 1.807) is 0 Å². The van der Waals surface area contributed by atoms with E-state index >= 15 is 0 Å².